The number of hydrogen-bond donors (Lipinski definition) is 2. The van der Waals surface area contributed by atoms with Crippen molar-refractivity contribution in [1.29, 1.82) is 5.26 Å². The van der Waals surface area contributed by atoms with Gasteiger partial charge in [0.25, 0.3) is 5.91 Å². The molecule has 158 valence electrons. The molecule has 0 radical (unpaired) electrons. The van der Waals surface area contributed by atoms with Crippen LogP contribution in [-0.4, -0.2) is 32.9 Å². The summed E-state index contributed by atoms with van der Waals surface area (Å²) in [4.78, 5) is 24.3. The van der Waals surface area contributed by atoms with Gasteiger partial charge in [0.2, 0.25) is 10.0 Å². The fourth-order valence-corrected chi connectivity index (χ4v) is 3.95. The SMILES string of the molecule is Cc1ccc(C)c(S(=O)(=O)NCCC(=O)O[C@H](C)C(=O)Nc2ccccc2C#N)c1. The zero-order valence-corrected chi connectivity index (χ0v) is 17.7. The van der Waals surface area contributed by atoms with Gasteiger partial charge >= 0.3 is 5.97 Å². The molecule has 0 aromatic heterocycles. The topological polar surface area (TPSA) is 125 Å². The van der Waals surface area contributed by atoms with E-state index in [1.54, 1.807) is 50.2 Å². The Morgan fingerprint density at radius 2 is 1.87 bits per heavy atom. The highest BCUT2D eigenvalue weighted by molar-refractivity contribution is 7.89. The number of carbonyl (C=O) groups excluding carboxylic acids is 2. The van der Waals surface area contributed by atoms with Crippen molar-refractivity contribution in [3.8, 4) is 6.07 Å². The average Bonchev–Trinajstić information content (AvgIpc) is 2.69. The van der Waals surface area contributed by atoms with Crippen LogP contribution in [0.2, 0.25) is 0 Å². The molecule has 0 fully saturated rings. The third-order valence-corrected chi connectivity index (χ3v) is 5.84. The van der Waals surface area contributed by atoms with Crippen LogP contribution < -0.4 is 10.0 Å². The number of sulfonamides is 1. The van der Waals surface area contributed by atoms with Crippen LogP contribution in [0.3, 0.4) is 0 Å². The predicted octanol–water partition coefficient (Wildman–Crippen LogP) is 2.41. The lowest BCUT2D eigenvalue weighted by atomic mass is 10.2. The van der Waals surface area contributed by atoms with Crippen molar-refractivity contribution in [2.45, 2.75) is 38.2 Å². The molecular weight excluding hydrogens is 406 g/mol. The number of nitrogens with one attached hydrogen (secondary N) is 2. The molecule has 0 saturated carbocycles. The summed E-state index contributed by atoms with van der Waals surface area (Å²) in [5.41, 5.74) is 2.00. The Labute approximate surface area is 175 Å². The van der Waals surface area contributed by atoms with Crippen LogP contribution in [0.1, 0.15) is 30.0 Å². The van der Waals surface area contributed by atoms with Gasteiger partial charge in [-0.3, -0.25) is 9.59 Å². The molecule has 1 atom stereocenters. The molecule has 2 aromatic rings. The summed E-state index contributed by atoms with van der Waals surface area (Å²) in [6.45, 7) is 4.70. The summed E-state index contributed by atoms with van der Waals surface area (Å²) < 4.78 is 32.3. The number of nitriles is 1. The largest absolute Gasteiger partial charge is 0.452 e. The standard InChI is InChI=1S/C21H23N3O5S/c1-14-8-9-15(2)19(12-14)30(27,28)23-11-10-20(25)29-16(3)21(26)24-18-7-5-4-6-17(18)13-22/h4-9,12,16,23H,10-11H2,1-3H3,(H,24,26)/t16-/m1/s1. The van der Waals surface area contributed by atoms with E-state index >= 15 is 0 Å². The number of benzene rings is 2. The molecule has 2 N–H and O–H groups in total. The number of aryl methyl sites for hydroxylation is 2. The van der Waals surface area contributed by atoms with Crippen molar-refractivity contribution in [3.63, 3.8) is 0 Å². The highest BCUT2D eigenvalue weighted by Crippen LogP contribution is 2.17. The Morgan fingerprint density at radius 1 is 1.17 bits per heavy atom. The molecule has 9 heteroatoms. The van der Waals surface area contributed by atoms with E-state index in [9.17, 15) is 18.0 Å². The highest BCUT2D eigenvalue weighted by Gasteiger charge is 2.20. The van der Waals surface area contributed by atoms with Gasteiger partial charge in [0.1, 0.15) is 6.07 Å². The zero-order chi connectivity index (χ0) is 22.3. The van der Waals surface area contributed by atoms with E-state index in [0.29, 0.717) is 11.3 Å². The molecule has 0 bridgehead atoms. The number of esters is 1. The Morgan fingerprint density at radius 3 is 2.57 bits per heavy atom. The van der Waals surface area contributed by atoms with Crippen molar-refractivity contribution in [3.05, 3.63) is 59.2 Å². The Hall–Kier alpha value is -3.22. The van der Waals surface area contributed by atoms with Crippen LogP contribution in [0.5, 0.6) is 0 Å². The van der Waals surface area contributed by atoms with Gasteiger partial charge in [0.15, 0.2) is 6.10 Å². The number of nitrogens with zero attached hydrogens (tertiary/aromatic N) is 1. The lowest BCUT2D eigenvalue weighted by molar-refractivity contribution is -0.152. The van der Waals surface area contributed by atoms with Gasteiger partial charge in [0.05, 0.1) is 22.6 Å². The maximum absolute atomic E-state index is 12.4. The van der Waals surface area contributed by atoms with Gasteiger partial charge in [-0.2, -0.15) is 5.26 Å². The summed E-state index contributed by atoms with van der Waals surface area (Å²) in [6.07, 6.45) is -1.35. The van der Waals surface area contributed by atoms with E-state index in [1.807, 2.05) is 12.1 Å². The minimum absolute atomic E-state index is 0.153. The van der Waals surface area contributed by atoms with Gasteiger partial charge in [-0.15, -0.1) is 0 Å². The number of rotatable bonds is 8. The van der Waals surface area contributed by atoms with Crippen LogP contribution in [0.25, 0.3) is 0 Å². The number of anilines is 1. The number of amides is 1. The molecular formula is C21H23N3O5S. The fourth-order valence-electron chi connectivity index (χ4n) is 2.60. The molecule has 0 spiro atoms. The van der Waals surface area contributed by atoms with Gasteiger partial charge in [-0.25, -0.2) is 13.1 Å². The average molecular weight is 429 g/mol. The van der Waals surface area contributed by atoms with Gasteiger partial charge in [-0.1, -0.05) is 24.3 Å². The first-order valence-electron chi connectivity index (χ1n) is 9.20. The van der Waals surface area contributed by atoms with E-state index in [-0.39, 0.29) is 23.4 Å². The molecule has 1 amide bonds. The minimum Gasteiger partial charge on any atom is -0.452 e. The van der Waals surface area contributed by atoms with Crippen LogP contribution in [-0.2, 0) is 24.3 Å². The summed E-state index contributed by atoms with van der Waals surface area (Å²) >= 11 is 0. The molecule has 0 heterocycles. The number of carbonyl (C=O) groups is 2. The first kappa shape index (κ1) is 23.1. The molecule has 2 aromatic carbocycles. The molecule has 2 rings (SSSR count). The third kappa shape index (κ3) is 6.14. The summed E-state index contributed by atoms with van der Waals surface area (Å²) in [6, 6.07) is 13.5. The normalized spacial score (nSPS) is 11.9. The summed E-state index contributed by atoms with van der Waals surface area (Å²) in [7, 11) is -3.77. The van der Waals surface area contributed by atoms with Crippen molar-refractivity contribution in [2.75, 3.05) is 11.9 Å². The monoisotopic (exact) mass is 429 g/mol. The quantitative estimate of drug-likeness (QED) is 0.621. The molecule has 8 nitrogen and oxygen atoms in total. The Bertz CT molecular complexity index is 1090. The molecule has 30 heavy (non-hydrogen) atoms. The zero-order valence-electron chi connectivity index (χ0n) is 16.9. The van der Waals surface area contributed by atoms with Crippen molar-refractivity contribution in [2.24, 2.45) is 0 Å². The van der Waals surface area contributed by atoms with E-state index in [2.05, 4.69) is 10.0 Å². The Balaban J connectivity index is 1.87. The van der Waals surface area contributed by atoms with Gasteiger partial charge in [0, 0.05) is 6.54 Å². The molecule has 0 aliphatic rings. The van der Waals surface area contributed by atoms with Crippen LogP contribution >= 0.6 is 0 Å². The summed E-state index contributed by atoms with van der Waals surface area (Å²) in [5, 5.41) is 11.6. The van der Waals surface area contributed by atoms with E-state index in [1.165, 1.54) is 6.92 Å². The third-order valence-electron chi connectivity index (χ3n) is 4.24. The first-order chi connectivity index (χ1) is 14.1. The van der Waals surface area contributed by atoms with Crippen LogP contribution in [0.15, 0.2) is 47.4 Å². The molecule has 0 aliphatic carbocycles. The van der Waals surface area contributed by atoms with E-state index in [0.717, 1.165) is 5.56 Å². The van der Waals surface area contributed by atoms with E-state index in [4.69, 9.17) is 10.00 Å². The summed E-state index contributed by atoms with van der Waals surface area (Å²) in [5.74, 6) is -1.32. The van der Waals surface area contributed by atoms with Gasteiger partial charge in [-0.05, 0) is 50.1 Å². The van der Waals surface area contributed by atoms with Crippen molar-refractivity contribution < 1.29 is 22.7 Å². The molecule has 0 saturated heterocycles. The second-order valence-corrected chi connectivity index (χ2v) is 8.43. The molecule has 0 aliphatic heterocycles. The number of hydrogen-bond acceptors (Lipinski definition) is 6. The highest BCUT2D eigenvalue weighted by atomic mass is 32.2. The molecule has 0 unspecified atom stereocenters. The second kappa shape index (κ2) is 10.0. The van der Waals surface area contributed by atoms with E-state index < -0.39 is 28.0 Å². The van der Waals surface area contributed by atoms with Crippen LogP contribution in [0, 0.1) is 25.2 Å². The first-order valence-corrected chi connectivity index (χ1v) is 10.7. The second-order valence-electron chi connectivity index (χ2n) is 6.70. The lowest BCUT2D eigenvalue weighted by Crippen LogP contribution is -2.32. The van der Waals surface area contributed by atoms with Crippen molar-refractivity contribution in [1.82, 2.24) is 4.72 Å². The maximum atomic E-state index is 12.4. The smallest absolute Gasteiger partial charge is 0.307 e. The van der Waals surface area contributed by atoms with Crippen LogP contribution in [0.4, 0.5) is 5.69 Å². The predicted molar refractivity (Wildman–Crippen MR) is 111 cm³/mol. The minimum atomic E-state index is -3.77. The number of ether oxygens (including phenoxy) is 1. The van der Waals surface area contributed by atoms with Crippen molar-refractivity contribution >= 4 is 27.6 Å². The van der Waals surface area contributed by atoms with Gasteiger partial charge < -0.3 is 10.1 Å². The lowest BCUT2D eigenvalue weighted by Gasteiger charge is -2.14. The number of para-hydroxylation sites is 1. The Kier molecular flexibility index (Phi) is 7.69. The fraction of sp³-hybridized carbons (Fsp3) is 0.286. The maximum Gasteiger partial charge on any atom is 0.307 e.